The summed E-state index contributed by atoms with van der Waals surface area (Å²) < 4.78 is 0. The Kier molecular flexibility index (Phi) is 5.60. The van der Waals surface area contributed by atoms with Gasteiger partial charge in [-0.2, -0.15) is 0 Å². The highest BCUT2D eigenvalue weighted by atomic mass is 32.1. The highest BCUT2D eigenvalue weighted by molar-refractivity contribution is 7.09. The fourth-order valence-electron chi connectivity index (χ4n) is 2.69. The molecule has 2 rings (SSSR count). The molecule has 0 bridgehead atoms. The molecule has 1 atom stereocenters. The highest BCUT2D eigenvalue weighted by Crippen LogP contribution is 2.22. The Balaban J connectivity index is 1.78. The summed E-state index contributed by atoms with van der Waals surface area (Å²) in [5.41, 5.74) is 1.29. The van der Waals surface area contributed by atoms with E-state index in [0.29, 0.717) is 0 Å². The summed E-state index contributed by atoms with van der Waals surface area (Å²) in [6, 6.07) is 0. The van der Waals surface area contributed by atoms with Crippen molar-refractivity contribution in [3.63, 3.8) is 0 Å². The zero-order chi connectivity index (χ0) is 12.8. The van der Waals surface area contributed by atoms with Crippen LogP contribution in [0.4, 0.5) is 0 Å². The van der Waals surface area contributed by atoms with E-state index in [1.54, 1.807) is 0 Å². The molecule has 18 heavy (non-hydrogen) atoms. The Morgan fingerprint density at radius 3 is 3.22 bits per heavy atom. The topological polar surface area (TPSA) is 28.2 Å². The smallest absolute Gasteiger partial charge is 0.0931 e. The first kappa shape index (κ1) is 14.0. The van der Waals surface area contributed by atoms with Crippen LogP contribution in [0.25, 0.3) is 0 Å². The molecule has 1 fully saturated rings. The van der Waals surface area contributed by atoms with Gasteiger partial charge in [-0.25, -0.2) is 4.98 Å². The molecule has 3 nitrogen and oxygen atoms in total. The molecule has 1 aliphatic rings. The Morgan fingerprint density at radius 2 is 2.44 bits per heavy atom. The average Bonchev–Trinajstić information content (AvgIpc) is 2.77. The molecule has 0 aliphatic carbocycles. The normalized spacial score (nSPS) is 21.3. The van der Waals surface area contributed by atoms with Crippen molar-refractivity contribution < 1.29 is 0 Å². The molecule has 0 amide bonds. The van der Waals surface area contributed by atoms with Gasteiger partial charge in [0.2, 0.25) is 0 Å². The van der Waals surface area contributed by atoms with Crippen LogP contribution < -0.4 is 5.32 Å². The molecule has 0 aromatic carbocycles. The van der Waals surface area contributed by atoms with Crippen molar-refractivity contribution in [2.45, 2.75) is 32.1 Å². The number of hydrogen-bond acceptors (Lipinski definition) is 4. The molecule has 0 radical (unpaired) electrons. The highest BCUT2D eigenvalue weighted by Gasteiger charge is 2.18. The van der Waals surface area contributed by atoms with Crippen LogP contribution in [0.15, 0.2) is 5.38 Å². The van der Waals surface area contributed by atoms with E-state index in [1.807, 2.05) is 18.4 Å². The lowest BCUT2D eigenvalue weighted by molar-refractivity contribution is 0.209. The largest absolute Gasteiger partial charge is 0.320 e. The van der Waals surface area contributed by atoms with Gasteiger partial charge in [0.05, 0.1) is 10.7 Å². The molecule has 1 saturated heterocycles. The summed E-state index contributed by atoms with van der Waals surface area (Å²) in [6.45, 7) is 3.60. The predicted octanol–water partition coefficient (Wildman–Crippen LogP) is 2.18. The number of nitrogens with zero attached hydrogens (tertiary/aromatic N) is 2. The minimum Gasteiger partial charge on any atom is -0.320 e. The molecule has 1 aromatic heterocycles. The Hall–Kier alpha value is -0.450. The molecular formula is C14H25N3S. The van der Waals surface area contributed by atoms with E-state index < -0.39 is 0 Å². The van der Waals surface area contributed by atoms with Gasteiger partial charge in [0.1, 0.15) is 0 Å². The summed E-state index contributed by atoms with van der Waals surface area (Å²) in [7, 11) is 4.24. The summed E-state index contributed by atoms with van der Waals surface area (Å²) in [6.07, 6.45) is 6.20. The van der Waals surface area contributed by atoms with E-state index in [0.717, 1.165) is 18.9 Å². The van der Waals surface area contributed by atoms with Crippen LogP contribution in [0.1, 0.15) is 30.0 Å². The van der Waals surface area contributed by atoms with Gasteiger partial charge in [-0.1, -0.05) is 0 Å². The number of thiazole rings is 1. The van der Waals surface area contributed by atoms with Gasteiger partial charge in [-0.3, -0.25) is 0 Å². The van der Waals surface area contributed by atoms with Crippen LogP contribution in [-0.4, -0.2) is 43.6 Å². The van der Waals surface area contributed by atoms with Crippen LogP contribution >= 0.6 is 11.3 Å². The van der Waals surface area contributed by atoms with E-state index >= 15 is 0 Å². The van der Waals surface area contributed by atoms with Crippen molar-refractivity contribution in [1.29, 1.82) is 0 Å². The summed E-state index contributed by atoms with van der Waals surface area (Å²) in [5.74, 6) is 0.819. The third kappa shape index (κ3) is 4.34. The molecule has 1 aromatic rings. The molecular weight excluding hydrogens is 242 g/mol. The van der Waals surface area contributed by atoms with Crippen molar-refractivity contribution in [3.8, 4) is 0 Å². The molecule has 0 spiro atoms. The van der Waals surface area contributed by atoms with Gasteiger partial charge >= 0.3 is 0 Å². The van der Waals surface area contributed by atoms with Crippen molar-refractivity contribution >= 4 is 11.3 Å². The van der Waals surface area contributed by atoms with Crippen LogP contribution in [0.3, 0.4) is 0 Å². The maximum Gasteiger partial charge on any atom is 0.0931 e. The van der Waals surface area contributed by atoms with Gasteiger partial charge < -0.3 is 10.2 Å². The minimum atomic E-state index is 0.819. The Labute approximate surface area is 115 Å². The molecule has 1 N–H and O–H groups in total. The van der Waals surface area contributed by atoms with Crippen LogP contribution in [0.5, 0.6) is 0 Å². The van der Waals surface area contributed by atoms with Gasteiger partial charge in [-0.05, 0) is 58.8 Å². The zero-order valence-corrected chi connectivity index (χ0v) is 12.4. The zero-order valence-electron chi connectivity index (χ0n) is 11.6. The monoisotopic (exact) mass is 267 g/mol. The van der Waals surface area contributed by atoms with E-state index in [1.165, 1.54) is 49.5 Å². The van der Waals surface area contributed by atoms with Gasteiger partial charge in [0.25, 0.3) is 0 Å². The molecule has 1 aliphatic heterocycles. The van der Waals surface area contributed by atoms with Gasteiger partial charge in [0.15, 0.2) is 0 Å². The third-order valence-corrected chi connectivity index (χ3v) is 4.56. The molecule has 1 unspecified atom stereocenters. The minimum absolute atomic E-state index is 0.819. The SMILES string of the molecule is CNCCCc1csc(CC2CCCN(C)C2)n1. The van der Waals surface area contributed by atoms with E-state index in [-0.39, 0.29) is 0 Å². The lowest BCUT2D eigenvalue weighted by atomic mass is 9.95. The number of likely N-dealkylation sites (tertiary alicyclic amines) is 1. The Bertz CT molecular complexity index is 351. The molecule has 102 valence electrons. The Morgan fingerprint density at radius 1 is 1.56 bits per heavy atom. The lowest BCUT2D eigenvalue weighted by Gasteiger charge is -2.29. The maximum atomic E-state index is 4.77. The second kappa shape index (κ2) is 7.22. The van der Waals surface area contributed by atoms with Crippen molar-refractivity contribution in [3.05, 3.63) is 16.1 Å². The lowest BCUT2D eigenvalue weighted by Crippen LogP contribution is -2.32. The number of aromatic nitrogens is 1. The number of aryl methyl sites for hydroxylation is 1. The predicted molar refractivity (Wildman–Crippen MR) is 78.3 cm³/mol. The number of rotatable bonds is 6. The van der Waals surface area contributed by atoms with Crippen molar-refractivity contribution in [2.75, 3.05) is 33.7 Å². The summed E-state index contributed by atoms with van der Waals surface area (Å²) in [5, 5.41) is 6.78. The average molecular weight is 267 g/mol. The number of hydrogen-bond donors (Lipinski definition) is 1. The summed E-state index contributed by atoms with van der Waals surface area (Å²) >= 11 is 1.85. The molecule has 2 heterocycles. The first-order valence-electron chi connectivity index (χ1n) is 7.04. The number of nitrogens with one attached hydrogen (secondary N) is 1. The van der Waals surface area contributed by atoms with Crippen LogP contribution in [-0.2, 0) is 12.8 Å². The van der Waals surface area contributed by atoms with E-state index in [2.05, 4.69) is 22.6 Å². The van der Waals surface area contributed by atoms with Crippen LogP contribution in [0.2, 0.25) is 0 Å². The van der Waals surface area contributed by atoms with E-state index in [9.17, 15) is 0 Å². The quantitative estimate of drug-likeness (QED) is 0.801. The third-order valence-electron chi connectivity index (χ3n) is 3.64. The van der Waals surface area contributed by atoms with Crippen molar-refractivity contribution in [1.82, 2.24) is 15.2 Å². The van der Waals surface area contributed by atoms with E-state index in [4.69, 9.17) is 4.98 Å². The first-order chi connectivity index (χ1) is 8.78. The van der Waals surface area contributed by atoms with Crippen LogP contribution in [0, 0.1) is 5.92 Å². The second-order valence-electron chi connectivity index (χ2n) is 5.41. The standard InChI is InChI=1S/C14H25N3S/c1-15-7-3-6-13-11-18-14(16-13)9-12-5-4-8-17(2)10-12/h11-12,15H,3-10H2,1-2H3. The molecule has 4 heteroatoms. The maximum absolute atomic E-state index is 4.77. The second-order valence-corrected chi connectivity index (χ2v) is 6.36. The fourth-order valence-corrected chi connectivity index (χ4v) is 3.64. The van der Waals surface area contributed by atoms with Gasteiger partial charge in [0, 0.05) is 18.3 Å². The fraction of sp³-hybridized carbons (Fsp3) is 0.786. The molecule has 0 saturated carbocycles. The summed E-state index contributed by atoms with van der Waals surface area (Å²) in [4.78, 5) is 7.23. The van der Waals surface area contributed by atoms with Crippen molar-refractivity contribution in [2.24, 2.45) is 5.92 Å². The van der Waals surface area contributed by atoms with Gasteiger partial charge in [-0.15, -0.1) is 11.3 Å². The first-order valence-corrected chi connectivity index (χ1v) is 7.92. The number of piperidine rings is 1.